The van der Waals surface area contributed by atoms with Gasteiger partial charge in [0.1, 0.15) is 0 Å². The fraction of sp³-hybridized carbons (Fsp3) is 0.875. The number of aliphatic carboxylic acids is 1. The highest BCUT2D eigenvalue weighted by Crippen LogP contribution is 2.48. The van der Waals surface area contributed by atoms with Crippen molar-refractivity contribution in [2.24, 2.45) is 29.6 Å². The molecule has 3 rings (SSSR count). The molecule has 3 aliphatic rings. The van der Waals surface area contributed by atoms with Gasteiger partial charge in [0.05, 0.1) is 5.92 Å². The number of hydrogen-bond donors (Lipinski definition) is 1. The lowest BCUT2D eigenvalue weighted by atomic mass is 9.88. The van der Waals surface area contributed by atoms with Crippen LogP contribution in [0.4, 0.5) is 0 Å². The van der Waals surface area contributed by atoms with Crippen LogP contribution in [0, 0.1) is 29.6 Å². The van der Waals surface area contributed by atoms with Crippen molar-refractivity contribution in [1.82, 2.24) is 4.90 Å². The van der Waals surface area contributed by atoms with Gasteiger partial charge in [-0.25, -0.2) is 0 Å². The minimum atomic E-state index is -0.740. The zero-order valence-corrected chi connectivity index (χ0v) is 12.3. The molecule has 0 aromatic rings. The first-order chi connectivity index (χ1) is 9.54. The minimum absolute atomic E-state index is 0.0558. The van der Waals surface area contributed by atoms with Crippen LogP contribution >= 0.6 is 0 Å². The van der Waals surface area contributed by atoms with Crippen LogP contribution in [0.3, 0.4) is 0 Å². The Kier molecular flexibility index (Phi) is 3.74. The molecule has 3 fully saturated rings. The molecule has 0 heterocycles. The van der Waals surface area contributed by atoms with Gasteiger partial charge in [0.15, 0.2) is 0 Å². The summed E-state index contributed by atoms with van der Waals surface area (Å²) < 4.78 is 0. The largest absolute Gasteiger partial charge is 0.481 e. The predicted molar refractivity (Wildman–Crippen MR) is 75.0 cm³/mol. The summed E-state index contributed by atoms with van der Waals surface area (Å²) in [7, 11) is 1.91. The quantitative estimate of drug-likeness (QED) is 0.859. The number of rotatable bonds is 4. The maximum atomic E-state index is 12.4. The van der Waals surface area contributed by atoms with Crippen LogP contribution in [0.5, 0.6) is 0 Å². The third-order valence-electron chi connectivity index (χ3n) is 5.90. The summed E-state index contributed by atoms with van der Waals surface area (Å²) in [5, 5.41) is 9.03. The van der Waals surface area contributed by atoms with E-state index in [4.69, 9.17) is 5.11 Å². The Bertz CT molecular complexity index is 409. The van der Waals surface area contributed by atoms with Crippen LogP contribution in [0.2, 0.25) is 0 Å². The van der Waals surface area contributed by atoms with Gasteiger partial charge in [0.25, 0.3) is 0 Å². The van der Waals surface area contributed by atoms with Crippen molar-refractivity contribution in [2.75, 3.05) is 13.6 Å². The summed E-state index contributed by atoms with van der Waals surface area (Å²) in [4.78, 5) is 25.3. The second-order valence-corrected chi connectivity index (χ2v) is 7.20. The fourth-order valence-electron chi connectivity index (χ4n) is 4.78. The Morgan fingerprint density at radius 1 is 1.05 bits per heavy atom. The lowest BCUT2D eigenvalue weighted by Gasteiger charge is -2.28. The van der Waals surface area contributed by atoms with E-state index in [1.165, 1.54) is 25.7 Å². The number of hydrogen-bond acceptors (Lipinski definition) is 2. The molecule has 4 nitrogen and oxygen atoms in total. The molecule has 5 atom stereocenters. The number of fused-ring (bicyclic) bond motifs is 2. The highest BCUT2D eigenvalue weighted by molar-refractivity contribution is 5.80. The van der Waals surface area contributed by atoms with Crippen molar-refractivity contribution in [2.45, 2.75) is 44.9 Å². The Hall–Kier alpha value is -1.06. The predicted octanol–water partition coefficient (Wildman–Crippen LogP) is 2.38. The minimum Gasteiger partial charge on any atom is -0.481 e. The van der Waals surface area contributed by atoms with Gasteiger partial charge in [0, 0.05) is 19.5 Å². The first-order valence-corrected chi connectivity index (χ1v) is 8.02. The third-order valence-corrected chi connectivity index (χ3v) is 5.90. The molecule has 0 radical (unpaired) electrons. The molecule has 0 aliphatic heterocycles. The molecule has 3 unspecified atom stereocenters. The van der Waals surface area contributed by atoms with Crippen molar-refractivity contribution in [3.05, 3.63) is 0 Å². The lowest BCUT2D eigenvalue weighted by Crippen LogP contribution is -2.37. The van der Waals surface area contributed by atoms with Gasteiger partial charge in [0.2, 0.25) is 5.91 Å². The van der Waals surface area contributed by atoms with Gasteiger partial charge in [-0.3, -0.25) is 9.59 Å². The maximum Gasteiger partial charge on any atom is 0.306 e. The maximum absolute atomic E-state index is 12.4. The molecular weight excluding hydrogens is 254 g/mol. The monoisotopic (exact) mass is 279 g/mol. The standard InChI is InChI=1S/C16H25NO3/c1-17(9-14-7-10-2-3-11(14)6-10)15(18)12-4-5-13(8-12)16(19)20/h10-14H,2-9H2,1H3,(H,19,20)/t10?,11?,12-,13+,14?/m1/s1. The Morgan fingerprint density at radius 3 is 2.35 bits per heavy atom. The first-order valence-electron chi connectivity index (χ1n) is 8.02. The van der Waals surface area contributed by atoms with Crippen LogP contribution in [-0.2, 0) is 9.59 Å². The van der Waals surface area contributed by atoms with E-state index in [1.54, 1.807) is 0 Å². The van der Waals surface area contributed by atoms with Gasteiger partial charge < -0.3 is 10.0 Å². The molecule has 0 aromatic carbocycles. The normalized spacial score (nSPS) is 39.1. The Morgan fingerprint density at radius 2 is 1.80 bits per heavy atom. The van der Waals surface area contributed by atoms with E-state index in [1.807, 2.05) is 11.9 Å². The molecule has 1 amide bonds. The second-order valence-electron chi connectivity index (χ2n) is 7.20. The number of nitrogens with zero attached hydrogens (tertiary/aromatic N) is 1. The molecule has 0 spiro atoms. The van der Waals surface area contributed by atoms with Crippen LogP contribution < -0.4 is 0 Å². The summed E-state index contributed by atoms with van der Waals surface area (Å²) in [6.45, 7) is 0.883. The number of amides is 1. The van der Waals surface area contributed by atoms with Gasteiger partial charge in [-0.05, 0) is 56.3 Å². The molecule has 0 saturated heterocycles. The van der Waals surface area contributed by atoms with Crippen LogP contribution in [0.15, 0.2) is 0 Å². The van der Waals surface area contributed by atoms with E-state index < -0.39 is 5.97 Å². The summed E-state index contributed by atoms with van der Waals surface area (Å²) in [5.74, 6) is 1.52. The van der Waals surface area contributed by atoms with E-state index in [0.29, 0.717) is 18.8 Å². The highest BCUT2D eigenvalue weighted by Gasteiger charge is 2.41. The second kappa shape index (κ2) is 5.38. The molecule has 112 valence electrons. The fourth-order valence-corrected chi connectivity index (χ4v) is 4.78. The molecule has 0 aromatic heterocycles. The molecule has 3 aliphatic carbocycles. The van der Waals surface area contributed by atoms with Crippen molar-refractivity contribution in [3.63, 3.8) is 0 Å². The smallest absolute Gasteiger partial charge is 0.306 e. The lowest BCUT2D eigenvalue weighted by molar-refractivity contribution is -0.141. The zero-order chi connectivity index (χ0) is 14.3. The molecule has 20 heavy (non-hydrogen) atoms. The van der Waals surface area contributed by atoms with Crippen molar-refractivity contribution >= 4 is 11.9 Å². The van der Waals surface area contributed by atoms with Crippen molar-refractivity contribution in [1.29, 1.82) is 0 Å². The van der Waals surface area contributed by atoms with E-state index >= 15 is 0 Å². The van der Waals surface area contributed by atoms with Gasteiger partial charge in [-0.2, -0.15) is 0 Å². The zero-order valence-electron chi connectivity index (χ0n) is 12.3. The van der Waals surface area contributed by atoms with Crippen molar-refractivity contribution < 1.29 is 14.7 Å². The number of carbonyl (C=O) groups excluding carboxylic acids is 1. The molecule has 3 saturated carbocycles. The van der Waals surface area contributed by atoms with E-state index in [0.717, 1.165) is 24.8 Å². The summed E-state index contributed by atoms with van der Waals surface area (Å²) in [6, 6.07) is 0. The van der Waals surface area contributed by atoms with Gasteiger partial charge in [-0.1, -0.05) is 6.42 Å². The Labute approximate surface area is 120 Å². The molecule has 2 bridgehead atoms. The van der Waals surface area contributed by atoms with Gasteiger partial charge in [-0.15, -0.1) is 0 Å². The average molecular weight is 279 g/mol. The highest BCUT2D eigenvalue weighted by atomic mass is 16.4. The SMILES string of the molecule is CN(CC1CC2CCC1C2)C(=O)[C@@H]1CC[C@H](C(=O)O)C1. The number of carboxylic acids is 1. The Balaban J connectivity index is 1.51. The molecular formula is C16H25NO3. The van der Waals surface area contributed by atoms with Crippen LogP contribution in [0.25, 0.3) is 0 Å². The van der Waals surface area contributed by atoms with Crippen LogP contribution in [-0.4, -0.2) is 35.5 Å². The summed E-state index contributed by atoms with van der Waals surface area (Å²) in [6.07, 6.45) is 7.35. The summed E-state index contributed by atoms with van der Waals surface area (Å²) >= 11 is 0. The number of carboxylic acid groups (broad SMARTS) is 1. The topological polar surface area (TPSA) is 57.6 Å². The van der Waals surface area contributed by atoms with E-state index in [9.17, 15) is 9.59 Å². The van der Waals surface area contributed by atoms with E-state index in [-0.39, 0.29) is 17.7 Å². The molecule has 4 heteroatoms. The van der Waals surface area contributed by atoms with E-state index in [2.05, 4.69) is 0 Å². The summed E-state index contributed by atoms with van der Waals surface area (Å²) in [5.41, 5.74) is 0. The van der Waals surface area contributed by atoms with Crippen LogP contribution in [0.1, 0.15) is 44.9 Å². The third kappa shape index (κ3) is 2.57. The first kappa shape index (κ1) is 13.9. The number of carbonyl (C=O) groups is 2. The average Bonchev–Trinajstić information content (AvgIpc) is 3.13. The van der Waals surface area contributed by atoms with Crippen molar-refractivity contribution in [3.8, 4) is 0 Å². The molecule has 1 N–H and O–H groups in total. The van der Waals surface area contributed by atoms with Gasteiger partial charge >= 0.3 is 5.97 Å².